The zero-order chi connectivity index (χ0) is 62.3. The Morgan fingerprint density at radius 3 is 2.17 bits per heavy atom. The first-order valence-electron chi connectivity index (χ1n) is 27.2. The zero-order valence-corrected chi connectivity index (χ0v) is 52.5. The normalized spacial score (nSPS) is 16.1. The van der Waals surface area contributed by atoms with Crippen molar-refractivity contribution in [1.82, 2.24) is 61.5 Å². The number of benzene rings is 1. The molecule has 0 spiro atoms. The number of thiazole rings is 6. The van der Waals surface area contributed by atoms with E-state index in [4.69, 9.17) is 39.6 Å². The first-order chi connectivity index (χ1) is 42.3. The van der Waals surface area contributed by atoms with Gasteiger partial charge in [0, 0.05) is 52.7 Å². The van der Waals surface area contributed by atoms with E-state index in [2.05, 4.69) is 26.6 Å². The quantitative estimate of drug-likeness (QED) is 0.0457. The summed E-state index contributed by atoms with van der Waals surface area (Å²) in [7, 11) is 2.93. The van der Waals surface area contributed by atoms with Gasteiger partial charge in [0.25, 0.3) is 22.7 Å². The fraction of sp³-hybridized carbons (Fsp3) is 0.293. The van der Waals surface area contributed by atoms with Gasteiger partial charge in [0.05, 0.1) is 60.7 Å². The summed E-state index contributed by atoms with van der Waals surface area (Å²) < 4.78 is 7.16. The Morgan fingerprint density at radius 2 is 1.42 bits per heavy atom. The van der Waals surface area contributed by atoms with Crippen LogP contribution in [0.15, 0.2) is 82.4 Å². The SMILES string of the molecule is CNC(=O)C[C@@H]1NC(=O)c2csc(n2)-c2ccc(-c3nc(-[n+]4cc(CCCC(=O)O)cc(CC(=O)O)c4)cs3)nc2-c2csc(n2)-c2csc(n2)[C@H]([C@@H](O)c2ccccc2)NC(=O)CNC(=O)c2nc(sc2COC)C(C(C)C)NC(=O)c2nc1sc2C. The second kappa shape index (κ2) is 27.7. The van der Waals surface area contributed by atoms with Crippen molar-refractivity contribution in [2.75, 3.05) is 20.7 Å². The average molecular weight is 1300 g/mol. The molecule has 4 atom stereocenters. The first kappa shape index (κ1) is 62.6. The van der Waals surface area contributed by atoms with Gasteiger partial charge in [0.15, 0.2) is 0 Å². The van der Waals surface area contributed by atoms with E-state index < -0.39 is 72.2 Å². The largest absolute Gasteiger partial charge is 0.481 e. The van der Waals surface area contributed by atoms with Gasteiger partial charge in [-0.05, 0) is 60.0 Å². The molecule has 1 aliphatic heterocycles. The molecule has 0 radical (unpaired) electrons. The average Bonchev–Trinajstić information content (AvgIpc) is 2.39. The number of aromatic nitrogens is 8. The van der Waals surface area contributed by atoms with Crippen LogP contribution in [0.5, 0.6) is 0 Å². The number of carboxylic acid groups (broad SMARTS) is 2. The highest BCUT2D eigenvalue weighted by Crippen LogP contribution is 2.40. The van der Waals surface area contributed by atoms with E-state index >= 15 is 0 Å². The molecule has 454 valence electrons. The predicted octanol–water partition coefficient (Wildman–Crippen LogP) is 7.62. The van der Waals surface area contributed by atoms with Crippen LogP contribution in [0.3, 0.4) is 0 Å². The van der Waals surface area contributed by atoms with Crippen molar-refractivity contribution < 1.29 is 58.2 Å². The Kier molecular flexibility index (Phi) is 19.7. The number of amides is 5. The molecule has 10 rings (SSSR count). The number of aliphatic hydroxyl groups excluding tert-OH is 1. The molecule has 10 bridgehead atoms. The number of carbonyl (C=O) groups excluding carboxylic acids is 5. The van der Waals surface area contributed by atoms with Gasteiger partial charge in [0.1, 0.15) is 77.0 Å². The van der Waals surface area contributed by atoms with E-state index in [0.717, 1.165) is 28.2 Å². The predicted molar refractivity (Wildman–Crippen MR) is 330 cm³/mol. The third-order valence-corrected chi connectivity index (χ3v) is 19.4. The number of hydrogen-bond donors (Lipinski definition) is 8. The van der Waals surface area contributed by atoms with Crippen LogP contribution in [0, 0.1) is 12.8 Å². The van der Waals surface area contributed by atoms with Crippen LogP contribution in [-0.2, 0) is 43.4 Å². The molecular formula is C58H56N13O11S6+. The molecule has 0 fully saturated rings. The number of carboxylic acids is 2. The van der Waals surface area contributed by atoms with E-state index in [1.165, 1.54) is 59.5 Å². The van der Waals surface area contributed by atoms with Gasteiger partial charge >= 0.3 is 17.8 Å². The maximum atomic E-state index is 14.4. The van der Waals surface area contributed by atoms with Crippen molar-refractivity contribution in [2.45, 2.75) is 83.7 Å². The van der Waals surface area contributed by atoms with Crippen LogP contribution in [-0.4, -0.2) is 112 Å². The summed E-state index contributed by atoms with van der Waals surface area (Å²) in [5.41, 5.74) is 3.86. The van der Waals surface area contributed by atoms with Gasteiger partial charge < -0.3 is 46.6 Å². The molecule has 9 heterocycles. The summed E-state index contributed by atoms with van der Waals surface area (Å²) in [6.45, 7) is 4.93. The third kappa shape index (κ3) is 14.6. The molecular weight excluding hydrogens is 1250 g/mol. The van der Waals surface area contributed by atoms with Crippen LogP contribution in [0.2, 0.25) is 0 Å². The fourth-order valence-electron chi connectivity index (χ4n) is 9.39. The first-order valence-corrected chi connectivity index (χ1v) is 32.4. The molecule has 1 aliphatic rings. The maximum Gasteiger partial charge on any atom is 0.339 e. The summed E-state index contributed by atoms with van der Waals surface area (Å²) in [6, 6.07) is 11.2. The monoisotopic (exact) mass is 1300 g/mol. The molecule has 1 aromatic carbocycles. The summed E-state index contributed by atoms with van der Waals surface area (Å²) in [5.74, 6) is -4.70. The highest BCUT2D eigenvalue weighted by molar-refractivity contribution is 7.15. The van der Waals surface area contributed by atoms with Crippen molar-refractivity contribution >= 4 is 109 Å². The standard InChI is InChI=1S/C58H55N13O11S6/c1-27(2)44-58-70-47(38(88-58)22-82-5)51(80)60-19-41(73)67-48(49(78)31-11-7-6-8-12-31)57-65-37(25-85-57)55-63-35(23-84-55)46-32(53-64-36(24-83-53)50(79)62-34(18-40(72)59-4)56-69-45(28(3)87-56)52(81)68-44)14-15-33(61-46)54-66-39(26-86-54)71-20-29(10-9-13-42(74)75)16-30(21-71)17-43(76)77/h6-8,11-12,14-16,20-21,23-27,34,44,48-49,78H,9-10,13,17-19,22H2,1-5H3,(H6-,59,60,62,67,68,72,73,74,75,76,77,79,80,81)/p+1/t34-,44?,48-,49-/m0/s1. The third-order valence-electron chi connectivity index (χ3n) is 13.7. The number of hydrogen-bond acceptors (Lipinski definition) is 22. The van der Waals surface area contributed by atoms with Crippen molar-refractivity contribution in [2.24, 2.45) is 5.92 Å². The van der Waals surface area contributed by atoms with Crippen LogP contribution in [0.4, 0.5) is 0 Å². The number of methoxy groups -OCH3 is 1. The number of carbonyl (C=O) groups is 7. The number of fused-ring (bicyclic) bond motifs is 14. The number of aliphatic carboxylic acids is 2. The molecule has 0 aliphatic carbocycles. The van der Waals surface area contributed by atoms with E-state index in [1.54, 1.807) is 93.9 Å². The molecule has 8 N–H and O–H groups in total. The van der Waals surface area contributed by atoms with Crippen LogP contribution < -0.4 is 31.2 Å². The van der Waals surface area contributed by atoms with Gasteiger partial charge in [-0.25, -0.2) is 34.5 Å². The van der Waals surface area contributed by atoms with Crippen molar-refractivity contribution in [3.63, 3.8) is 0 Å². The van der Waals surface area contributed by atoms with Crippen molar-refractivity contribution in [3.05, 3.63) is 141 Å². The van der Waals surface area contributed by atoms with Gasteiger partial charge in [-0.15, -0.1) is 56.7 Å². The molecule has 5 amide bonds. The number of ether oxygens (including phenoxy) is 1. The lowest BCUT2D eigenvalue weighted by Crippen LogP contribution is -2.40. The summed E-state index contributed by atoms with van der Waals surface area (Å²) in [6.07, 6.45) is 2.34. The van der Waals surface area contributed by atoms with Gasteiger partial charge in [-0.1, -0.05) is 55.5 Å². The summed E-state index contributed by atoms with van der Waals surface area (Å²) in [5, 5.41) is 54.2. The minimum atomic E-state index is -1.29. The number of rotatable bonds is 15. The smallest absolute Gasteiger partial charge is 0.339 e. The van der Waals surface area contributed by atoms with E-state index in [-0.39, 0.29) is 53.9 Å². The topological polar surface area (TPSA) is 344 Å². The minimum absolute atomic E-state index is 0.00621. The Bertz CT molecular complexity index is 4100. The van der Waals surface area contributed by atoms with Gasteiger partial charge in [0.2, 0.25) is 11.8 Å². The summed E-state index contributed by atoms with van der Waals surface area (Å²) >= 11 is 7.18. The Hall–Kier alpha value is -8.49. The number of pyridine rings is 2. The highest BCUT2D eigenvalue weighted by atomic mass is 32.1. The summed E-state index contributed by atoms with van der Waals surface area (Å²) in [4.78, 5) is 128. The fourth-order valence-corrected chi connectivity index (χ4v) is 14.9. The Balaban J connectivity index is 1.06. The second-order valence-corrected chi connectivity index (χ2v) is 26.2. The molecule has 24 nitrogen and oxygen atoms in total. The highest BCUT2D eigenvalue weighted by Gasteiger charge is 2.33. The molecule has 0 saturated carbocycles. The molecule has 9 aromatic rings. The molecule has 30 heteroatoms. The molecule has 8 aromatic heterocycles. The lowest BCUT2D eigenvalue weighted by Gasteiger charge is -2.23. The van der Waals surface area contributed by atoms with Crippen LogP contribution >= 0.6 is 68.0 Å². The maximum absolute atomic E-state index is 14.4. The number of aliphatic hydroxyl groups is 1. The van der Waals surface area contributed by atoms with Crippen LogP contribution in [0.1, 0.15) is 130 Å². The van der Waals surface area contributed by atoms with Crippen molar-refractivity contribution in [3.8, 4) is 49.2 Å². The number of nitrogens with zero attached hydrogens (tertiary/aromatic N) is 8. The van der Waals surface area contributed by atoms with E-state index in [0.29, 0.717) is 92.9 Å². The Labute approximate surface area is 526 Å². The molecule has 1 unspecified atom stereocenters. The number of aryl methyl sites for hydroxylation is 2. The van der Waals surface area contributed by atoms with Crippen molar-refractivity contribution in [1.29, 1.82) is 0 Å². The lowest BCUT2D eigenvalue weighted by atomic mass is 10.0. The molecule has 88 heavy (non-hydrogen) atoms. The van der Waals surface area contributed by atoms with Gasteiger partial charge in [-0.2, -0.15) is 0 Å². The van der Waals surface area contributed by atoms with Crippen LogP contribution in [0.25, 0.3) is 49.2 Å². The van der Waals surface area contributed by atoms with E-state index in [9.17, 15) is 48.9 Å². The second-order valence-electron chi connectivity index (χ2n) is 20.4. The van der Waals surface area contributed by atoms with Gasteiger partial charge in [-0.3, -0.25) is 33.6 Å². The molecule has 0 saturated heterocycles. The lowest BCUT2D eigenvalue weighted by molar-refractivity contribution is -0.600. The minimum Gasteiger partial charge on any atom is -0.481 e. The zero-order valence-electron chi connectivity index (χ0n) is 47.6. The van der Waals surface area contributed by atoms with E-state index in [1.807, 2.05) is 13.8 Å². The number of nitrogens with one attached hydrogen (secondary N) is 5. The Morgan fingerprint density at radius 1 is 0.705 bits per heavy atom.